The third-order valence-corrected chi connectivity index (χ3v) is 3.19. The summed E-state index contributed by atoms with van der Waals surface area (Å²) in [5, 5.41) is 0. The van der Waals surface area contributed by atoms with Crippen LogP contribution in [0.2, 0.25) is 0 Å². The van der Waals surface area contributed by atoms with E-state index in [0.717, 1.165) is 13.0 Å². The standard InChI is InChI=1S/C3H7IOS3/c1-2-3-5-7-8(4)6/h2-3H2,1H3. The largest absolute Gasteiger partial charge is 0.304 e. The molecule has 1 nitrogen and oxygen atoms in total. The van der Waals surface area contributed by atoms with Crippen molar-refractivity contribution in [2.75, 3.05) is 6.61 Å². The zero-order valence-electron chi connectivity index (χ0n) is 4.43. The van der Waals surface area contributed by atoms with Crippen LogP contribution in [0.25, 0.3) is 0 Å². The first-order chi connectivity index (χ1) is 3.77. The average molecular weight is 282 g/mol. The van der Waals surface area contributed by atoms with E-state index < -0.39 is 0 Å². The highest BCUT2D eigenvalue weighted by molar-refractivity contribution is 14.2. The molecular formula is C3H7IOS3. The summed E-state index contributed by atoms with van der Waals surface area (Å²) >= 11 is 8.39. The Hall–Kier alpha value is 1.61. The molecule has 0 spiro atoms. The molecule has 8 heavy (non-hydrogen) atoms. The summed E-state index contributed by atoms with van der Waals surface area (Å²) in [6, 6.07) is 0. The van der Waals surface area contributed by atoms with Crippen LogP contribution in [-0.4, -0.2) is 6.61 Å². The van der Waals surface area contributed by atoms with E-state index in [4.69, 9.17) is 15.4 Å². The summed E-state index contributed by atoms with van der Waals surface area (Å²) in [4.78, 5) is 0. The lowest BCUT2D eigenvalue weighted by Gasteiger charge is -1.94. The van der Waals surface area contributed by atoms with Gasteiger partial charge in [0.15, 0.2) is 0 Å². The topological polar surface area (TPSA) is 9.23 Å². The highest BCUT2D eigenvalue weighted by Crippen LogP contribution is 2.15. The van der Waals surface area contributed by atoms with E-state index in [2.05, 4.69) is 28.1 Å². The highest BCUT2D eigenvalue weighted by Gasteiger charge is 1.87. The Morgan fingerprint density at radius 3 is 2.88 bits per heavy atom. The van der Waals surface area contributed by atoms with Gasteiger partial charge in [-0.25, -0.2) is 0 Å². The monoisotopic (exact) mass is 282 g/mol. The molecule has 0 aliphatic carbocycles. The fourth-order valence-corrected chi connectivity index (χ4v) is 2.18. The molecule has 5 heteroatoms. The number of hydrogen-bond donors (Lipinski definition) is 0. The molecule has 0 amide bonds. The van der Waals surface area contributed by atoms with Gasteiger partial charge in [0.25, 0.3) is 0 Å². The van der Waals surface area contributed by atoms with Crippen LogP contribution in [0, 0.1) is 0 Å². The lowest BCUT2D eigenvalue weighted by atomic mass is 10.5. The van der Waals surface area contributed by atoms with Crippen LogP contribution in [0.3, 0.4) is 0 Å². The van der Waals surface area contributed by atoms with Gasteiger partial charge in [-0.2, -0.15) is 0 Å². The van der Waals surface area contributed by atoms with Gasteiger partial charge in [-0.15, -0.1) is 0 Å². The second-order valence-corrected chi connectivity index (χ2v) is 11.1. The van der Waals surface area contributed by atoms with E-state index in [1.165, 1.54) is 11.1 Å². The maximum atomic E-state index is 5.06. The average Bonchev–Trinajstić information content (AvgIpc) is 1.66. The molecule has 0 saturated carbocycles. The summed E-state index contributed by atoms with van der Waals surface area (Å²) in [5.74, 6) is 0. The maximum absolute atomic E-state index is 5.06. The first-order valence-electron chi connectivity index (χ1n) is 2.15. The van der Waals surface area contributed by atoms with Crippen molar-refractivity contribution in [3.8, 4) is 0 Å². The van der Waals surface area contributed by atoms with Crippen LogP contribution in [0.15, 0.2) is 0 Å². The van der Waals surface area contributed by atoms with Gasteiger partial charge in [0, 0.05) is 26.9 Å². The number of halogens is 1. The van der Waals surface area contributed by atoms with Crippen molar-refractivity contribution in [3.05, 3.63) is 0 Å². The quantitative estimate of drug-likeness (QED) is 0.258. The molecule has 50 valence electrons. The van der Waals surface area contributed by atoms with E-state index in [1.807, 2.05) is 0 Å². The fourth-order valence-electron chi connectivity index (χ4n) is 0.155. The molecule has 0 bridgehead atoms. The molecule has 0 N–H and O–H groups in total. The van der Waals surface area contributed by atoms with Crippen molar-refractivity contribution >= 4 is 49.1 Å². The second-order valence-electron chi connectivity index (χ2n) is 1.08. The summed E-state index contributed by atoms with van der Waals surface area (Å²) in [5.41, 5.74) is -0.0693. The van der Waals surface area contributed by atoms with Gasteiger partial charge in [-0.3, -0.25) is 0 Å². The lowest BCUT2D eigenvalue weighted by molar-refractivity contribution is 0.379. The van der Waals surface area contributed by atoms with Crippen molar-refractivity contribution in [3.63, 3.8) is 0 Å². The van der Waals surface area contributed by atoms with Crippen LogP contribution < -0.4 is 0 Å². The third-order valence-electron chi connectivity index (χ3n) is 0.389. The molecule has 1 unspecified atom stereocenters. The molecular weight excluding hydrogens is 275 g/mol. The van der Waals surface area contributed by atoms with Crippen molar-refractivity contribution in [2.24, 2.45) is 0 Å². The predicted molar refractivity (Wildman–Crippen MR) is 52.6 cm³/mol. The SMILES string of the molecule is CCCOSS(=S)I. The Labute approximate surface area is 72.7 Å². The van der Waals surface area contributed by atoms with E-state index in [1.54, 1.807) is 0 Å². The Bertz CT molecular complexity index is 76.9. The van der Waals surface area contributed by atoms with Gasteiger partial charge in [0.1, 0.15) is 0 Å². The Morgan fingerprint density at radius 1 is 1.88 bits per heavy atom. The molecule has 0 heterocycles. The molecule has 0 aliphatic rings. The van der Waals surface area contributed by atoms with Crippen molar-refractivity contribution in [2.45, 2.75) is 13.3 Å². The number of hydrogen-bond acceptors (Lipinski definition) is 3. The molecule has 0 rings (SSSR count). The fraction of sp³-hybridized carbons (Fsp3) is 1.00. The Kier molecular flexibility index (Phi) is 8.08. The minimum atomic E-state index is -0.0693. The van der Waals surface area contributed by atoms with E-state index in [9.17, 15) is 0 Å². The second kappa shape index (κ2) is 6.73. The molecule has 0 aromatic carbocycles. The van der Waals surface area contributed by atoms with Crippen LogP contribution in [0.5, 0.6) is 0 Å². The first kappa shape index (κ1) is 9.61. The zero-order chi connectivity index (χ0) is 6.41. The predicted octanol–water partition coefficient (Wildman–Crippen LogP) is 2.41. The van der Waals surface area contributed by atoms with Crippen molar-refractivity contribution in [1.29, 1.82) is 0 Å². The maximum Gasteiger partial charge on any atom is 0.0771 e. The summed E-state index contributed by atoms with van der Waals surface area (Å²) in [6.45, 7) is 2.89. The van der Waals surface area contributed by atoms with Gasteiger partial charge in [0.05, 0.1) is 17.7 Å². The summed E-state index contributed by atoms with van der Waals surface area (Å²) in [7, 11) is 0. The zero-order valence-corrected chi connectivity index (χ0v) is 9.03. The van der Waals surface area contributed by atoms with Gasteiger partial charge < -0.3 is 4.18 Å². The van der Waals surface area contributed by atoms with Crippen LogP contribution in [-0.2, 0) is 21.0 Å². The molecule has 0 aromatic heterocycles. The third kappa shape index (κ3) is 7.61. The van der Waals surface area contributed by atoms with Crippen molar-refractivity contribution in [1.82, 2.24) is 0 Å². The lowest BCUT2D eigenvalue weighted by Crippen LogP contribution is -1.80. The van der Waals surface area contributed by atoms with Crippen LogP contribution in [0.1, 0.15) is 13.3 Å². The highest BCUT2D eigenvalue weighted by atomic mass is 127. The molecule has 0 saturated heterocycles. The first-order valence-corrected chi connectivity index (χ1v) is 8.10. The molecule has 0 aliphatic heterocycles. The van der Waals surface area contributed by atoms with Crippen LogP contribution in [0.4, 0.5) is 0 Å². The summed E-state index contributed by atoms with van der Waals surface area (Å²) in [6.07, 6.45) is 1.07. The smallest absolute Gasteiger partial charge is 0.0771 e. The molecule has 1 atom stereocenters. The van der Waals surface area contributed by atoms with E-state index in [-0.39, 0.29) is 5.66 Å². The Morgan fingerprint density at radius 2 is 2.50 bits per heavy atom. The molecule has 0 fully saturated rings. The molecule has 0 radical (unpaired) electrons. The van der Waals surface area contributed by atoms with Gasteiger partial charge in [0.2, 0.25) is 0 Å². The van der Waals surface area contributed by atoms with Gasteiger partial charge >= 0.3 is 0 Å². The van der Waals surface area contributed by atoms with Gasteiger partial charge in [-0.05, 0) is 17.6 Å². The van der Waals surface area contributed by atoms with E-state index in [0.29, 0.717) is 0 Å². The Balaban J connectivity index is 2.82. The van der Waals surface area contributed by atoms with Gasteiger partial charge in [-0.1, -0.05) is 6.92 Å². The summed E-state index contributed by atoms with van der Waals surface area (Å²) < 4.78 is 5.06. The van der Waals surface area contributed by atoms with E-state index >= 15 is 0 Å². The normalized spacial score (nSPS) is 13.8. The number of rotatable bonds is 4. The van der Waals surface area contributed by atoms with Crippen molar-refractivity contribution < 1.29 is 4.18 Å². The van der Waals surface area contributed by atoms with Crippen LogP contribution >= 0.6 is 32.3 Å². The molecule has 0 aromatic rings. The minimum absolute atomic E-state index is 0.0693. The minimum Gasteiger partial charge on any atom is -0.304 e.